The summed E-state index contributed by atoms with van der Waals surface area (Å²) in [4.78, 5) is 16.8. The van der Waals surface area contributed by atoms with Gasteiger partial charge in [0.15, 0.2) is 6.29 Å². The molecule has 1 saturated heterocycles. The van der Waals surface area contributed by atoms with Gasteiger partial charge in [0.05, 0.1) is 6.61 Å². The lowest BCUT2D eigenvalue weighted by atomic mass is 10.1. The van der Waals surface area contributed by atoms with E-state index in [1.54, 1.807) is 0 Å². The first kappa shape index (κ1) is 12.0. The van der Waals surface area contributed by atoms with Crippen LogP contribution in [-0.2, 0) is 13.8 Å². The van der Waals surface area contributed by atoms with Gasteiger partial charge < -0.3 is 29.8 Å². The molecule has 1 fully saturated rings. The van der Waals surface area contributed by atoms with Crippen molar-refractivity contribution < 1.29 is 38.9 Å². The van der Waals surface area contributed by atoms with Crippen LogP contribution in [0.4, 0.5) is 0 Å². The first-order valence-electron chi connectivity index (χ1n) is 3.71. The number of phosphoric ester groups is 1. The van der Waals surface area contributed by atoms with E-state index < -0.39 is 39.0 Å². The Morgan fingerprint density at radius 2 is 1.86 bits per heavy atom. The monoisotopic (exact) mass is 230 g/mol. The second-order valence-corrected chi connectivity index (χ2v) is 3.99. The van der Waals surface area contributed by atoms with Crippen LogP contribution in [0, 0.1) is 0 Å². The van der Waals surface area contributed by atoms with Crippen molar-refractivity contribution in [1.29, 1.82) is 0 Å². The van der Waals surface area contributed by atoms with E-state index >= 15 is 0 Å². The summed E-state index contributed by atoms with van der Waals surface area (Å²) in [5, 5.41) is 26.9. The van der Waals surface area contributed by atoms with Gasteiger partial charge in [0.25, 0.3) is 0 Å². The molecule has 1 rings (SSSR count). The van der Waals surface area contributed by atoms with Gasteiger partial charge >= 0.3 is 7.82 Å². The molecule has 0 aromatic rings. The fourth-order valence-electron chi connectivity index (χ4n) is 1.09. The molecular weight excluding hydrogens is 219 g/mol. The van der Waals surface area contributed by atoms with Crippen molar-refractivity contribution in [3.05, 3.63) is 0 Å². The summed E-state index contributed by atoms with van der Waals surface area (Å²) >= 11 is 0. The van der Waals surface area contributed by atoms with Crippen molar-refractivity contribution in [2.75, 3.05) is 6.61 Å². The molecule has 0 bridgehead atoms. The Hall–Kier alpha value is -0.0500. The molecule has 1 heterocycles. The fraction of sp³-hybridized carbons (Fsp3) is 1.00. The van der Waals surface area contributed by atoms with E-state index in [-0.39, 0.29) is 0 Å². The van der Waals surface area contributed by atoms with Crippen LogP contribution < -0.4 is 0 Å². The van der Waals surface area contributed by atoms with E-state index in [4.69, 9.17) is 25.1 Å². The van der Waals surface area contributed by atoms with Crippen molar-refractivity contribution >= 4 is 7.82 Å². The van der Waals surface area contributed by atoms with Crippen LogP contribution in [0.3, 0.4) is 0 Å². The van der Waals surface area contributed by atoms with E-state index in [1.807, 2.05) is 0 Å². The summed E-state index contributed by atoms with van der Waals surface area (Å²) < 4.78 is 19.1. The van der Waals surface area contributed by atoms with Crippen molar-refractivity contribution in [2.24, 2.45) is 0 Å². The summed E-state index contributed by atoms with van der Waals surface area (Å²) in [6.45, 7) is -0.584. The Labute approximate surface area is 78.9 Å². The first-order valence-corrected chi connectivity index (χ1v) is 5.24. The largest absolute Gasteiger partial charge is 0.472 e. The number of ether oxygens (including phenoxy) is 1. The lowest BCUT2D eigenvalue weighted by Gasteiger charge is -2.15. The van der Waals surface area contributed by atoms with Gasteiger partial charge in [-0.15, -0.1) is 0 Å². The predicted octanol–water partition coefficient (Wildman–Crippen LogP) is -2.47. The highest BCUT2D eigenvalue weighted by Crippen LogP contribution is 2.40. The van der Waals surface area contributed by atoms with E-state index in [1.165, 1.54) is 0 Å². The summed E-state index contributed by atoms with van der Waals surface area (Å²) in [5.41, 5.74) is 0. The number of phosphoric acid groups is 1. The quantitative estimate of drug-likeness (QED) is 0.336. The molecule has 0 saturated carbocycles. The molecule has 9 heteroatoms. The van der Waals surface area contributed by atoms with Gasteiger partial charge in [0.2, 0.25) is 0 Å². The molecule has 14 heavy (non-hydrogen) atoms. The number of rotatable bonds is 3. The van der Waals surface area contributed by atoms with E-state index in [9.17, 15) is 4.57 Å². The Morgan fingerprint density at radius 1 is 1.29 bits per heavy atom. The van der Waals surface area contributed by atoms with Gasteiger partial charge in [-0.25, -0.2) is 4.57 Å². The van der Waals surface area contributed by atoms with Crippen LogP contribution >= 0.6 is 7.82 Å². The van der Waals surface area contributed by atoms with Gasteiger partial charge in [0.1, 0.15) is 18.3 Å². The molecule has 84 valence electrons. The van der Waals surface area contributed by atoms with Crippen LogP contribution in [0.5, 0.6) is 0 Å². The third kappa shape index (κ3) is 2.72. The Bertz CT molecular complexity index is 238. The smallest absolute Gasteiger partial charge is 0.394 e. The first-order chi connectivity index (χ1) is 6.35. The number of aliphatic hydroxyl groups is 3. The third-order valence-electron chi connectivity index (χ3n) is 1.74. The summed E-state index contributed by atoms with van der Waals surface area (Å²) in [6, 6.07) is 0. The molecule has 0 spiro atoms. The maximum absolute atomic E-state index is 10.4. The molecule has 0 aromatic heterocycles. The van der Waals surface area contributed by atoms with Gasteiger partial charge in [-0.05, 0) is 0 Å². The molecule has 1 aliphatic heterocycles. The van der Waals surface area contributed by atoms with Crippen LogP contribution in [0.2, 0.25) is 0 Å². The minimum atomic E-state index is -4.79. The molecular formula is C5H11O8P. The van der Waals surface area contributed by atoms with E-state index in [0.717, 1.165) is 0 Å². The van der Waals surface area contributed by atoms with Crippen molar-refractivity contribution in [3.63, 3.8) is 0 Å². The summed E-state index contributed by atoms with van der Waals surface area (Å²) in [5.74, 6) is 0. The van der Waals surface area contributed by atoms with Crippen molar-refractivity contribution in [3.8, 4) is 0 Å². The minimum Gasteiger partial charge on any atom is -0.394 e. The normalized spacial score (nSPS) is 38.9. The average molecular weight is 230 g/mol. The molecule has 8 nitrogen and oxygen atoms in total. The number of hydrogen-bond acceptors (Lipinski definition) is 6. The van der Waals surface area contributed by atoms with Gasteiger partial charge in [-0.1, -0.05) is 0 Å². The molecule has 0 aliphatic carbocycles. The molecule has 5 N–H and O–H groups in total. The molecule has 1 unspecified atom stereocenters. The Kier molecular flexibility index (Phi) is 3.62. The molecule has 0 amide bonds. The van der Waals surface area contributed by atoms with Crippen LogP contribution in [0.1, 0.15) is 0 Å². The molecule has 1 aliphatic rings. The second-order valence-electron chi connectivity index (χ2n) is 2.80. The van der Waals surface area contributed by atoms with Gasteiger partial charge in [-0.2, -0.15) is 0 Å². The standard InChI is InChI=1S/C5H11O8P/c6-1-2-3(7)4(8)5(12-2)13-14(9,10)11/h2-8H,1H2,(H2,9,10,11)/t2-,3?,4+,5-/m1/s1. The van der Waals surface area contributed by atoms with Gasteiger partial charge in [0, 0.05) is 0 Å². The Balaban J connectivity index is 2.61. The average Bonchev–Trinajstić information content (AvgIpc) is 2.30. The number of hydrogen-bond donors (Lipinski definition) is 5. The Morgan fingerprint density at radius 3 is 2.21 bits per heavy atom. The van der Waals surface area contributed by atoms with Gasteiger partial charge in [-0.3, -0.25) is 4.52 Å². The highest BCUT2D eigenvalue weighted by Gasteiger charge is 2.45. The van der Waals surface area contributed by atoms with Crippen LogP contribution in [-0.4, -0.2) is 56.3 Å². The lowest BCUT2D eigenvalue weighted by Crippen LogP contribution is -2.34. The predicted molar refractivity (Wildman–Crippen MR) is 40.9 cm³/mol. The number of aliphatic hydroxyl groups excluding tert-OH is 3. The summed E-state index contributed by atoms with van der Waals surface area (Å²) in [6.07, 6.45) is -5.78. The zero-order valence-electron chi connectivity index (χ0n) is 6.92. The van der Waals surface area contributed by atoms with Crippen molar-refractivity contribution in [1.82, 2.24) is 0 Å². The van der Waals surface area contributed by atoms with Crippen molar-refractivity contribution in [2.45, 2.75) is 24.6 Å². The SMILES string of the molecule is O=P(O)(O)O[C@H]1O[C@H](CO)C(O)[C@@H]1O. The zero-order valence-corrected chi connectivity index (χ0v) is 7.82. The summed E-state index contributed by atoms with van der Waals surface area (Å²) in [7, 11) is -4.79. The van der Waals surface area contributed by atoms with Crippen LogP contribution in [0.15, 0.2) is 0 Å². The topological polar surface area (TPSA) is 137 Å². The third-order valence-corrected chi connectivity index (χ3v) is 2.22. The second kappa shape index (κ2) is 4.21. The highest BCUT2D eigenvalue weighted by molar-refractivity contribution is 7.46. The molecule has 4 atom stereocenters. The maximum Gasteiger partial charge on any atom is 0.472 e. The highest BCUT2D eigenvalue weighted by atomic mass is 31.2. The van der Waals surface area contributed by atoms with Crippen LogP contribution in [0.25, 0.3) is 0 Å². The van der Waals surface area contributed by atoms with E-state index in [2.05, 4.69) is 9.26 Å². The molecule has 0 aromatic carbocycles. The van der Waals surface area contributed by atoms with E-state index in [0.29, 0.717) is 0 Å². The lowest BCUT2D eigenvalue weighted by molar-refractivity contribution is -0.126. The fourth-order valence-corrected chi connectivity index (χ4v) is 1.53. The maximum atomic E-state index is 10.4. The molecule has 0 radical (unpaired) electrons. The minimum absolute atomic E-state index is 0.584. The zero-order chi connectivity index (χ0) is 10.9.